The second kappa shape index (κ2) is 7.38. The van der Waals surface area contributed by atoms with Crippen molar-refractivity contribution in [2.24, 2.45) is 5.73 Å². The molecule has 0 saturated carbocycles. The molecule has 0 aliphatic heterocycles. The molecule has 0 aliphatic carbocycles. The first-order valence-electron chi connectivity index (χ1n) is 6.15. The third-order valence-corrected chi connectivity index (χ3v) is 2.76. The molecule has 1 aromatic carbocycles. The number of carbonyl (C=O) groups is 2. The van der Waals surface area contributed by atoms with Gasteiger partial charge in [0.2, 0.25) is 5.91 Å². The van der Waals surface area contributed by atoms with Gasteiger partial charge < -0.3 is 16.3 Å². The zero-order valence-corrected chi connectivity index (χ0v) is 10.8. The molecule has 0 saturated heterocycles. The van der Waals surface area contributed by atoms with E-state index in [1.54, 1.807) is 0 Å². The van der Waals surface area contributed by atoms with Crippen LogP contribution in [0.25, 0.3) is 0 Å². The highest BCUT2D eigenvalue weighted by Crippen LogP contribution is 2.14. The van der Waals surface area contributed by atoms with Crippen LogP contribution in [0.3, 0.4) is 0 Å². The summed E-state index contributed by atoms with van der Waals surface area (Å²) >= 11 is 0. The maximum atomic E-state index is 11.0. The van der Waals surface area contributed by atoms with Gasteiger partial charge in [0.1, 0.15) is 6.04 Å². The second-order valence-corrected chi connectivity index (χ2v) is 4.18. The smallest absolute Gasteiger partial charge is 0.322 e. The fourth-order valence-corrected chi connectivity index (χ4v) is 1.66. The van der Waals surface area contributed by atoms with Crippen molar-refractivity contribution >= 4 is 17.6 Å². The summed E-state index contributed by atoms with van der Waals surface area (Å²) in [5, 5.41) is 9.04. The highest BCUT2D eigenvalue weighted by Gasteiger charge is 2.17. The van der Waals surface area contributed by atoms with E-state index in [1.807, 2.05) is 31.2 Å². The zero-order chi connectivity index (χ0) is 14.3. The van der Waals surface area contributed by atoms with Crippen molar-refractivity contribution in [2.45, 2.75) is 32.2 Å². The average molecular weight is 265 g/mol. The van der Waals surface area contributed by atoms with E-state index in [1.165, 1.54) is 0 Å². The van der Waals surface area contributed by atoms with Crippen LogP contribution in [0.2, 0.25) is 0 Å². The third kappa shape index (κ3) is 4.97. The number of carboxylic acids is 1. The lowest BCUT2D eigenvalue weighted by Crippen LogP contribution is -2.41. The predicted octanol–water partition coefficient (Wildman–Crippen LogP) is 0.884. The second-order valence-electron chi connectivity index (χ2n) is 4.18. The van der Waals surface area contributed by atoms with Gasteiger partial charge in [-0.15, -0.1) is 0 Å². The number of hydrogen-bond donors (Lipinski definition) is 4. The van der Waals surface area contributed by atoms with E-state index in [0.717, 1.165) is 17.7 Å². The highest BCUT2D eigenvalue weighted by atomic mass is 16.4. The van der Waals surface area contributed by atoms with Crippen molar-refractivity contribution in [3.63, 3.8) is 0 Å². The number of nitrogens with one attached hydrogen (secondary N) is 2. The lowest BCUT2D eigenvalue weighted by molar-refractivity contribution is -0.139. The molecule has 0 heterocycles. The number of benzene rings is 1. The van der Waals surface area contributed by atoms with Gasteiger partial charge in [-0.05, 0) is 24.5 Å². The molecule has 0 unspecified atom stereocenters. The van der Waals surface area contributed by atoms with Crippen LogP contribution in [-0.4, -0.2) is 23.0 Å². The molecule has 1 rings (SSSR count). The number of aliphatic carboxylic acids is 1. The Hall–Kier alpha value is -2.08. The van der Waals surface area contributed by atoms with Crippen LogP contribution >= 0.6 is 0 Å². The molecule has 5 N–H and O–H groups in total. The highest BCUT2D eigenvalue weighted by molar-refractivity contribution is 5.77. The molecule has 0 bridgehead atoms. The maximum Gasteiger partial charge on any atom is 0.322 e. The SMILES string of the molecule is CCc1ccccc1NN[C@H](CCC(N)=O)C(=O)O. The largest absolute Gasteiger partial charge is 0.480 e. The van der Waals surface area contributed by atoms with Crippen LogP contribution in [0.15, 0.2) is 24.3 Å². The fraction of sp³-hybridized carbons (Fsp3) is 0.385. The molecule has 0 spiro atoms. The number of hydrogen-bond acceptors (Lipinski definition) is 4. The third-order valence-electron chi connectivity index (χ3n) is 2.76. The van der Waals surface area contributed by atoms with Gasteiger partial charge in [-0.25, -0.2) is 5.43 Å². The van der Waals surface area contributed by atoms with Gasteiger partial charge in [0.15, 0.2) is 0 Å². The summed E-state index contributed by atoms with van der Waals surface area (Å²) in [5.41, 5.74) is 12.5. The number of carboxylic acid groups (broad SMARTS) is 1. The Balaban J connectivity index is 2.60. The molecule has 6 nitrogen and oxygen atoms in total. The summed E-state index contributed by atoms with van der Waals surface area (Å²) in [6.45, 7) is 2.02. The molecule has 1 atom stereocenters. The summed E-state index contributed by atoms with van der Waals surface area (Å²) < 4.78 is 0. The van der Waals surface area contributed by atoms with Crippen molar-refractivity contribution in [3.05, 3.63) is 29.8 Å². The van der Waals surface area contributed by atoms with Gasteiger partial charge in [-0.2, -0.15) is 0 Å². The molecule has 0 fully saturated rings. The van der Waals surface area contributed by atoms with Gasteiger partial charge in [-0.1, -0.05) is 25.1 Å². The Morgan fingerprint density at radius 1 is 1.37 bits per heavy atom. The Morgan fingerprint density at radius 3 is 2.63 bits per heavy atom. The van der Waals surface area contributed by atoms with Crippen LogP contribution in [0.1, 0.15) is 25.3 Å². The minimum atomic E-state index is -1.03. The van der Waals surface area contributed by atoms with E-state index < -0.39 is 17.9 Å². The number of primary amides is 1. The summed E-state index contributed by atoms with van der Waals surface area (Å²) in [5.74, 6) is -1.54. The number of nitrogens with two attached hydrogens (primary N) is 1. The monoisotopic (exact) mass is 265 g/mol. The molecule has 6 heteroatoms. The van der Waals surface area contributed by atoms with E-state index in [4.69, 9.17) is 10.8 Å². The molecular formula is C13H19N3O3. The first kappa shape index (κ1) is 15.0. The lowest BCUT2D eigenvalue weighted by Gasteiger charge is -2.17. The fourth-order valence-electron chi connectivity index (χ4n) is 1.66. The minimum absolute atomic E-state index is 0.0288. The number of anilines is 1. The number of amides is 1. The minimum Gasteiger partial charge on any atom is -0.480 e. The molecule has 0 aliphatic rings. The standard InChI is InChI=1S/C13H19N3O3/c1-2-9-5-3-4-6-10(9)15-16-11(13(18)19)7-8-12(14)17/h3-6,11,15-16H,2,7-8H2,1H3,(H2,14,17)(H,18,19)/t11-/m1/s1. The lowest BCUT2D eigenvalue weighted by atomic mass is 10.1. The van der Waals surface area contributed by atoms with Crippen LogP contribution in [-0.2, 0) is 16.0 Å². The van der Waals surface area contributed by atoms with E-state index in [2.05, 4.69) is 10.9 Å². The molecule has 1 aromatic rings. The van der Waals surface area contributed by atoms with E-state index >= 15 is 0 Å². The molecule has 19 heavy (non-hydrogen) atoms. The Morgan fingerprint density at radius 2 is 2.05 bits per heavy atom. The molecule has 104 valence electrons. The number of para-hydroxylation sites is 1. The number of hydrazine groups is 1. The van der Waals surface area contributed by atoms with Crippen LogP contribution < -0.4 is 16.6 Å². The van der Waals surface area contributed by atoms with Gasteiger partial charge in [0.05, 0.1) is 5.69 Å². The summed E-state index contributed by atoms with van der Waals surface area (Å²) in [7, 11) is 0. The van der Waals surface area contributed by atoms with Gasteiger partial charge in [-0.3, -0.25) is 9.59 Å². The Labute approximate surface area is 112 Å². The van der Waals surface area contributed by atoms with E-state index in [-0.39, 0.29) is 12.8 Å². The Kier molecular flexibility index (Phi) is 5.81. The van der Waals surface area contributed by atoms with E-state index in [0.29, 0.717) is 0 Å². The van der Waals surface area contributed by atoms with Crippen molar-refractivity contribution in [1.82, 2.24) is 5.43 Å². The predicted molar refractivity (Wildman–Crippen MR) is 72.4 cm³/mol. The molecule has 0 aromatic heterocycles. The zero-order valence-electron chi connectivity index (χ0n) is 10.8. The topological polar surface area (TPSA) is 104 Å². The summed E-state index contributed by atoms with van der Waals surface area (Å²) in [4.78, 5) is 21.7. The molecule has 1 amide bonds. The first-order chi connectivity index (χ1) is 9.04. The van der Waals surface area contributed by atoms with Crippen LogP contribution in [0.5, 0.6) is 0 Å². The summed E-state index contributed by atoms with van der Waals surface area (Å²) in [6.07, 6.45) is 1.01. The van der Waals surface area contributed by atoms with Gasteiger partial charge >= 0.3 is 5.97 Å². The number of aryl methyl sites for hydroxylation is 1. The maximum absolute atomic E-state index is 11.0. The van der Waals surface area contributed by atoms with Crippen molar-refractivity contribution in [3.8, 4) is 0 Å². The molecular weight excluding hydrogens is 246 g/mol. The average Bonchev–Trinajstić information content (AvgIpc) is 2.38. The number of carbonyl (C=O) groups excluding carboxylic acids is 1. The quantitative estimate of drug-likeness (QED) is 0.522. The van der Waals surface area contributed by atoms with Gasteiger partial charge in [0, 0.05) is 6.42 Å². The summed E-state index contributed by atoms with van der Waals surface area (Å²) in [6, 6.07) is 6.74. The van der Waals surface area contributed by atoms with Crippen molar-refractivity contribution in [2.75, 3.05) is 5.43 Å². The number of rotatable bonds is 8. The van der Waals surface area contributed by atoms with Crippen molar-refractivity contribution in [1.29, 1.82) is 0 Å². The molecule has 0 radical (unpaired) electrons. The van der Waals surface area contributed by atoms with Crippen molar-refractivity contribution < 1.29 is 14.7 Å². The van der Waals surface area contributed by atoms with E-state index in [9.17, 15) is 9.59 Å². The van der Waals surface area contributed by atoms with Crippen LogP contribution in [0.4, 0.5) is 5.69 Å². The Bertz CT molecular complexity index is 449. The van der Waals surface area contributed by atoms with Crippen LogP contribution in [0, 0.1) is 0 Å². The first-order valence-corrected chi connectivity index (χ1v) is 6.15. The normalized spacial score (nSPS) is 11.8. The van der Waals surface area contributed by atoms with Gasteiger partial charge in [0.25, 0.3) is 0 Å².